The number of rotatable bonds is 1. The van der Waals surface area contributed by atoms with E-state index in [1.54, 1.807) is 27.4 Å². The van der Waals surface area contributed by atoms with Crippen LogP contribution in [0.25, 0.3) is 17.1 Å². The first-order valence-electron chi connectivity index (χ1n) is 6.52. The van der Waals surface area contributed by atoms with Crippen molar-refractivity contribution in [1.82, 2.24) is 24.3 Å². The van der Waals surface area contributed by atoms with Gasteiger partial charge in [-0.1, -0.05) is 5.92 Å². The average Bonchev–Trinajstić information content (AvgIpc) is 3.12. The number of terminal acetylenes is 1. The molecular formula is C15H9F2N5. The molecule has 4 rings (SSSR count). The molecular weight excluding hydrogens is 288 g/mol. The summed E-state index contributed by atoms with van der Waals surface area (Å²) in [6.07, 6.45) is 5.60. The molecule has 0 unspecified atom stereocenters. The minimum atomic E-state index is -2.64. The third-order valence-electron chi connectivity index (χ3n) is 3.68. The Hall–Kier alpha value is -3.01. The molecule has 3 aromatic rings. The smallest absolute Gasteiger partial charge is 0.282 e. The maximum absolute atomic E-state index is 13.2. The standard InChI is InChI=1S/C15H9F2N5/c1-2-9-3-4-11-10(5-9)15-18-7-20-22(15)6-12-13(14(16)17)19-8-21(11)12/h1,3-5,7-8,14H,6H2. The number of aromatic nitrogens is 5. The number of fused-ring (bicyclic) bond motifs is 5. The molecule has 3 heterocycles. The van der Waals surface area contributed by atoms with Crippen molar-refractivity contribution in [3.63, 3.8) is 0 Å². The lowest BCUT2D eigenvalue weighted by Crippen LogP contribution is -2.07. The summed E-state index contributed by atoms with van der Waals surface area (Å²) in [6.45, 7) is 0.176. The van der Waals surface area contributed by atoms with E-state index in [9.17, 15) is 8.78 Å². The molecule has 0 saturated heterocycles. The lowest BCUT2D eigenvalue weighted by atomic mass is 10.1. The van der Waals surface area contributed by atoms with Gasteiger partial charge < -0.3 is 4.57 Å². The van der Waals surface area contributed by atoms with Crippen molar-refractivity contribution < 1.29 is 8.78 Å². The van der Waals surface area contributed by atoms with Crippen LogP contribution < -0.4 is 0 Å². The first-order chi connectivity index (χ1) is 10.7. The van der Waals surface area contributed by atoms with E-state index in [1.807, 2.05) is 0 Å². The van der Waals surface area contributed by atoms with Crippen molar-refractivity contribution in [2.24, 2.45) is 0 Å². The number of hydrogen-bond acceptors (Lipinski definition) is 3. The quantitative estimate of drug-likeness (QED) is 0.507. The predicted molar refractivity (Wildman–Crippen MR) is 74.6 cm³/mol. The van der Waals surface area contributed by atoms with Crippen LogP contribution in [0.2, 0.25) is 0 Å². The molecule has 0 bridgehead atoms. The van der Waals surface area contributed by atoms with Gasteiger partial charge in [0.1, 0.15) is 18.3 Å². The number of hydrogen-bond donors (Lipinski definition) is 0. The van der Waals surface area contributed by atoms with Gasteiger partial charge >= 0.3 is 0 Å². The summed E-state index contributed by atoms with van der Waals surface area (Å²) in [5, 5.41) is 4.12. The molecule has 0 N–H and O–H groups in total. The summed E-state index contributed by atoms with van der Waals surface area (Å²) in [6, 6.07) is 5.35. The molecule has 22 heavy (non-hydrogen) atoms. The van der Waals surface area contributed by atoms with Gasteiger partial charge in [0.2, 0.25) is 0 Å². The lowest BCUT2D eigenvalue weighted by Gasteiger charge is -2.09. The topological polar surface area (TPSA) is 48.5 Å². The highest BCUT2D eigenvalue weighted by atomic mass is 19.3. The lowest BCUT2D eigenvalue weighted by molar-refractivity contribution is 0.145. The Bertz CT molecular complexity index is 916. The van der Waals surface area contributed by atoms with Gasteiger partial charge in [0, 0.05) is 11.1 Å². The Morgan fingerprint density at radius 3 is 2.91 bits per heavy atom. The molecule has 0 spiro atoms. The number of imidazole rings is 1. The van der Waals surface area contributed by atoms with E-state index in [4.69, 9.17) is 6.42 Å². The van der Waals surface area contributed by atoms with Crippen molar-refractivity contribution in [3.05, 3.63) is 47.8 Å². The maximum Gasteiger partial charge on any atom is 0.282 e. The Morgan fingerprint density at radius 1 is 1.27 bits per heavy atom. The van der Waals surface area contributed by atoms with Crippen LogP contribution in [0.1, 0.15) is 23.4 Å². The van der Waals surface area contributed by atoms with Crippen molar-refractivity contribution in [2.75, 3.05) is 0 Å². The van der Waals surface area contributed by atoms with E-state index in [1.165, 1.54) is 12.7 Å². The maximum atomic E-state index is 13.2. The van der Waals surface area contributed by atoms with Gasteiger partial charge in [-0.05, 0) is 18.2 Å². The first-order valence-corrected chi connectivity index (χ1v) is 6.52. The second-order valence-corrected chi connectivity index (χ2v) is 4.86. The van der Waals surface area contributed by atoms with Crippen molar-refractivity contribution in [3.8, 4) is 29.4 Å². The van der Waals surface area contributed by atoms with Gasteiger partial charge in [0.05, 0.1) is 17.9 Å². The summed E-state index contributed by atoms with van der Waals surface area (Å²) in [5.41, 5.74) is 2.29. The summed E-state index contributed by atoms with van der Waals surface area (Å²) < 4.78 is 29.6. The molecule has 0 saturated carbocycles. The van der Waals surface area contributed by atoms with Gasteiger partial charge in [0.25, 0.3) is 6.43 Å². The van der Waals surface area contributed by atoms with Crippen LogP contribution in [0.5, 0.6) is 0 Å². The van der Waals surface area contributed by atoms with Crippen LogP contribution in [0.4, 0.5) is 8.78 Å². The highest BCUT2D eigenvalue weighted by Crippen LogP contribution is 2.33. The van der Waals surface area contributed by atoms with Crippen molar-refractivity contribution in [1.29, 1.82) is 0 Å². The summed E-state index contributed by atoms with van der Waals surface area (Å²) in [5.74, 6) is 3.16. The molecule has 2 aromatic heterocycles. The Morgan fingerprint density at radius 2 is 2.14 bits per heavy atom. The second kappa shape index (κ2) is 4.49. The molecule has 0 amide bonds. The third-order valence-corrected chi connectivity index (χ3v) is 3.68. The van der Waals surface area contributed by atoms with Crippen molar-refractivity contribution in [2.45, 2.75) is 13.0 Å². The number of nitrogens with zero attached hydrogens (tertiary/aromatic N) is 5. The van der Waals surface area contributed by atoms with Crippen molar-refractivity contribution >= 4 is 0 Å². The molecule has 108 valence electrons. The fraction of sp³-hybridized carbons (Fsp3) is 0.133. The first kappa shape index (κ1) is 12.7. The molecule has 0 atom stereocenters. The Kier molecular flexibility index (Phi) is 2.60. The van der Waals surface area contributed by atoms with Crippen LogP contribution in [-0.4, -0.2) is 24.3 Å². The summed E-state index contributed by atoms with van der Waals surface area (Å²) in [7, 11) is 0. The zero-order valence-electron chi connectivity index (χ0n) is 11.2. The van der Waals surface area contributed by atoms with Crippen LogP contribution in [0.15, 0.2) is 30.9 Å². The average molecular weight is 297 g/mol. The van der Waals surface area contributed by atoms with Crippen LogP contribution in [0, 0.1) is 12.3 Å². The molecule has 1 aromatic carbocycles. The normalized spacial score (nSPS) is 12.3. The van der Waals surface area contributed by atoms with Gasteiger partial charge in [-0.2, -0.15) is 5.10 Å². The third kappa shape index (κ3) is 1.67. The highest BCUT2D eigenvalue weighted by molar-refractivity contribution is 5.71. The second-order valence-electron chi connectivity index (χ2n) is 4.86. The zero-order valence-corrected chi connectivity index (χ0v) is 11.2. The molecule has 7 heteroatoms. The molecule has 0 fully saturated rings. The zero-order chi connectivity index (χ0) is 15.3. The minimum absolute atomic E-state index is 0.176. The van der Waals surface area contributed by atoms with Crippen LogP contribution >= 0.6 is 0 Å². The minimum Gasteiger partial charge on any atom is -0.300 e. The van der Waals surface area contributed by atoms with E-state index in [0.29, 0.717) is 22.8 Å². The van der Waals surface area contributed by atoms with Crippen LogP contribution in [0.3, 0.4) is 0 Å². The Labute approximate surface area is 124 Å². The Balaban J connectivity index is 2.06. The molecule has 1 aliphatic heterocycles. The largest absolute Gasteiger partial charge is 0.300 e. The van der Waals surface area contributed by atoms with Gasteiger partial charge in [-0.15, -0.1) is 6.42 Å². The summed E-state index contributed by atoms with van der Waals surface area (Å²) in [4.78, 5) is 8.08. The number of halogens is 2. The van der Waals surface area contributed by atoms with E-state index in [2.05, 4.69) is 21.0 Å². The SMILES string of the molecule is C#Cc1ccc2c(c1)-c1ncnn1Cc1c(C(F)F)ncn1-2. The van der Waals surface area contributed by atoms with E-state index < -0.39 is 6.43 Å². The monoisotopic (exact) mass is 297 g/mol. The fourth-order valence-corrected chi connectivity index (χ4v) is 2.68. The van der Waals surface area contributed by atoms with Crippen LogP contribution in [-0.2, 0) is 6.54 Å². The number of benzene rings is 1. The molecule has 0 radical (unpaired) electrons. The van der Waals surface area contributed by atoms with Gasteiger partial charge in [-0.3, -0.25) is 0 Å². The van der Waals surface area contributed by atoms with Gasteiger partial charge in [-0.25, -0.2) is 23.4 Å². The molecule has 0 aliphatic carbocycles. The fourth-order valence-electron chi connectivity index (χ4n) is 2.68. The summed E-state index contributed by atoms with van der Waals surface area (Å²) >= 11 is 0. The molecule has 5 nitrogen and oxygen atoms in total. The van der Waals surface area contributed by atoms with Gasteiger partial charge in [0.15, 0.2) is 5.82 Å². The van der Waals surface area contributed by atoms with E-state index in [-0.39, 0.29) is 12.2 Å². The van der Waals surface area contributed by atoms with E-state index >= 15 is 0 Å². The number of alkyl halides is 2. The van der Waals surface area contributed by atoms with E-state index in [0.717, 1.165) is 5.56 Å². The predicted octanol–water partition coefficient (Wildman–Crippen LogP) is 2.41. The highest BCUT2D eigenvalue weighted by Gasteiger charge is 2.26. The molecule has 1 aliphatic rings.